The van der Waals surface area contributed by atoms with Crippen LogP contribution in [0.25, 0.3) is 0 Å². The van der Waals surface area contributed by atoms with Crippen LogP contribution in [-0.2, 0) is 6.54 Å². The Kier molecular flexibility index (Phi) is 5.39. The van der Waals surface area contributed by atoms with E-state index >= 15 is 0 Å². The van der Waals surface area contributed by atoms with E-state index in [4.69, 9.17) is 0 Å². The maximum absolute atomic E-state index is 4.58. The average molecular weight is 310 g/mol. The standard InChI is InChI=1S/C19H26N4/c1-20-19(17-10-6-7-11-21-17)18-15-22(2)12-13-23(18)14-16-8-4-3-5-9-16/h3-11,18-20H,12-15H2,1-2H3. The molecule has 1 aliphatic rings. The van der Waals surface area contributed by atoms with Crippen LogP contribution in [0, 0.1) is 0 Å². The number of piperazine rings is 1. The first-order valence-electron chi connectivity index (χ1n) is 8.32. The van der Waals surface area contributed by atoms with Gasteiger partial charge in [-0.15, -0.1) is 0 Å². The molecule has 1 fully saturated rings. The van der Waals surface area contributed by atoms with E-state index in [1.54, 1.807) is 0 Å². The van der Waals surface area contributed by atoms with Gasteiger partial charge in [0.15, 0.2) is 0 Å². The molecular weight excluding hydrogens is 284 g/mol. The molecule has 23 heavy (non-hydrogen) atoms. The molecule has 0 spiro atoms. The van der Waals surface area contributed by atoms with Gasteiger partial charge in [0, 0.05) is 38.4 Å². The summed E-state index contributed by atoms with van der Waals surface area (Å²) in [6.45, 7) is 4.24. The second kappa shape index (κ2) is 7.68. The summed E-state index contributed by atoms with van der Waals surface area (Å²) in [5, 5.41) is 3.49. The fourth-order valence-corrected chi connectivity index (χ4v) is 3.42. The largest absolute Gasteiger partial charge is 0.310 e. The Morgan fingerprint density at radius 1 is 1.13 bits per heavy atom. The summed E-state index contributed by atoms with van der Waals surface area (Å²) in [5.41, 5.74) is 2.49. The van der Waals surface area contributed by atoms with Gasteiger partial charge in [0.1, 0.15) is 0 Å². The highest BCUT2D eigenvalue weighted by Gasteiger charge is 2.32. The molecule has 2 atom stereocenters. The van der Waals surface area contributed by atoms with Gasteiger partial charge < -0.3 is 10.2 Å². The summed E-state index contributed by atoms with van der Waals surface area (Å²) in [5.74, 6) is 0. The Hall–Kier alpha value is -1.75. The minimum absolute atomic E-state index is 0.239. The van der Waals surface area contributed by atoms with E-state index in [-0.39, 0.29) is 6.04 Å². The number of hydrogen-bond donors (Lipinski definition) is 1. The Morgan fingerprint density at radius 3 is 2.61 bits per heavy atom. The molecule has 1 aromatic carbocycles. The zero-order valence-corrected chi connectivity index (χ0v) is 14.0. The average Bonchev–Trinajstić information content (AvgIpc) is 2.60. The first-order chi connectivity index (χ1) is 11.3. The highest BCUT2D eigenvalue weighted by atomic mass is 15.3. The molecule has 4 heteroatoms. The van der Waals surface area contributed by atoms with Gasteiger partial charge in [-0.1, -0.05) is 36.4 Å². The second-order valence-corrected chi connectivity index (χ2v) is 6.31. The third kappa shape index (κ3) is 3.96. The molecule has 2 heterocycles. The molecular formula is C19H26N4. The number of benzene rings is 1. The fraction of sp³-hybridized carbons (Fsp3) is 0.421. The zero-order valence-electron chi connectivity index (χ0n) is 14.0. The number of hydrogen-bond acceptors (Lipinski definition) is 4. The second-order valence-electron chi connectivity index (χ2n) is 6.31. The van der Waals surface area contributed by atoms with Crippen molar-refractivity contribution in [1.29, 1.82) is 0 Å². The van der Waals surface area contributed by atoms with E-state index in [0.29, 0.717) is 6.04 Å². The van der Waals surface area contributed by atoms with E-state index in [0.717, 1.165) is 31.9 Å². The minimum Gasteiger partial charge on any atom is -0.310 e. The molecule has 3 rings (SSSR count). The molecule has 2 aromatic rings. The van der Waals surface area contributed by atoms with Crippen molar-refractivity contribution < 1.29 is 0 Å². The lowest BCUT2D eigenvalue weighted by Crippen LogP contribution is -2.55. The van der Waals surface area contributed by atoms with Crippen LogP contribution < -0.4 is 5.32 Å². The van der Waals surface area contributed by atoms with Gasteiger partial charge in [-0.05, 0) is 31.8 Å². The summed E-state index contributed by atoms with van der Waals surface area (Å²) < 4.78 is 0. The number of aromatic nitrogens is 1. The van der Waals surface area contributed by atoms with Gasteiger partial charge in [0.25, 0.3) is 0 Å². The predicted molar refractivity (Wildman–Crippen MR) is 94.2 cm³/mol. The van der Waals surface area contributed by atoms with Gasteiger partial charge >= 0.3 is 0 Å². The van der Waals surface area contributed by atoms with E-state index in [1.165, 1.54) is 5.56 Å². The molecule has 0 aliphatic carbocycles. The van der Waals surface area contributed by atoms with E-state index in [1.807, 2.05) is 19.3 Å². The highest BCUT2D eigenvalue weighted by molar-refractivity contribution is 5.16. The maximum atomic E-state index is 4.58. The molecule has 0 saturated carbocycles. The van der Waals surface area contributed by atoms with Crippen LogP contribution in [0.2, 0.25) is 0 Å². The molecule has 122 valence electrons. The maximum Gasteiger partial charge on any atom is 0.0663 e. The van der Waals surface area contributed by atoms with Crippen LogP contribution in [0.15, 0.2) is 54.7 Å². The molecule has 2 unspecified atom stereocenters. The fourth-order valence-electron chi connectivity index (χ4n) is 3.42. The van der Waals surface area contributed by atoms with Gasteiger partial charge in [-0.3, -0.25) is 9.88 Å². The third-order valence-corrected chi connectivity index (χ3v) is 4.67. The van der Waals surface area contributed by atoms with Crippen molar-refractivity contribution in [3.63, 3.8) is 0 Å². The van der Waals surface area contributed by atoms with Gasteiger partial charge in [0.05, 0.1) is 11.7 Å². The molecule has 0 bridgehead atoms. The Balaban J connectivity index is 1.82. The van der Waals surface area contributed by atoms with Crippen LogP contribution in [0.3, 0.4) is 0 Å². The van der Waals surface area contributed by atoms with Crippen molar-refractivity contribution in [2.75, 3.05) is 33.7 Å². The zero-order chi connectivity index (χ0) is 16.1. The van der Waals surface area contributed by atoms with Crippen molar-refractivity contribution in [3.05, 3.63) is 66.0 Å². The number of pyridine rings is 1. The van der Waals surface area contributed by atoms with Gasteiger partial charge in [-0.25, -0.2) is 0 Å². The number of nitrogens with zero attached hydrogens (tertiary/aromatic N) is 3. The monoisotopic (exact) mass is 310 g/mol. The first-order valence-corrected chi connectivity index (χ1v) is 8.32. The minimum atomic E-state index is 0.239. The summed E-state index contributed by atoms with van der Waals surface area (Å²) in [6.07, 6.45) is 1.88. The molecule has 1 aromatic heterocycles. The van der Waals surface area contributed by atoms with Crippen LogP contribution >= 0.6 is 0 Å². The lowest BCUT2D eigenvalue weighted by Gasteiger charge is -2.43. The topological polar surface area (TPSA) is 31.4 Å². The number of rotatable bonds is 5. The smallest absolute Gasteiger partial charge is 0.0663 e. The summed E-state index contributed by atoms with van der Waals surface area (Å²) in [6, 6.07) is 17.6. The number of nitrogens with one attached hydrogen (secondary N) is 1. The van der Waals surface area contributed by atoms with Gasteiger partial charge in [-0.2, -0.15) is 0 Å². The molecule has 1 N–H and O–H groups in total. The Bertz CT molecular complexity index is 587. The normalized spacial score (nSPS) is 21.2. The first kappa shape index (κ1) is 16.1. The molecule has 0 radical (unpaired) electrons. The predicted octanol–water partition coefficient (Wildman–Crippen LogP) is 2.16. The quantitative estimate of drug-likeness (QED) is 0.917. The van der Waals surface area contributed by atoms with Crippen molar-refractivity contribution >= 4 is 0 Å². The van der Waals surface area contributed by atoms with Crippen molar-refractivity contribution in [2.45, 2.75) is 18.6 Å². The lowest BCUT2D eigenvalue weighted by molar-refractivity contribution is 0.0601. The van der Waals surface area contributed by atoms with Crippen molar-refractivity contribution in [3.8, 4) is 0 Å². The SMILES string of the molecule is CNC(c1ccccn1)C1CN(C)CCN1Cc1ccccc1. The van der Waals surface area contributed by atoms with Crippen LogP contribution in [0.5, 0.6) is 0 Å². The summed E-state index contributed by atoms with van der Waals surface area (Å²) in [7, 11) is 4.24. The summed E-state index contributed by atoms with van der Waals surface area (Å²) in [4.78, 5) is 9.59. The highest BCUT2D eigenvalue weighted by Crippen LogP contribution is 2.24. The van der Waals surface area contributed by atoms with Crippen LogP contribution in [0.4, 0.5) is 0 Å². The molecule has 1 saturated heterocycles. The van der Waals surface area contributed by atoms with Gasteiger partial charge in [0.2, 0.25) is 0 Å². The van der Waals surface area contributed by atoms with Crippen LogP contribution in [0.1, 0.15) is 17.3 Å². The number of likely N-dealkylation sites (N-methyl/N-ethyl adjacent to an activating group) is 2. The molecule has 0 amide bonds. The third-order valence-electron chi connectivity index (χ3n) is 4.67. The van der Waals surface area contributed by atoms with E-state index in [2.05, 4.69) is 69.6 Å². The Labute approximate surface area is 139 Å². The van der Waals surface area contributed by atoms with Crippen molar-refractivity contribution in [1.82, 2.24) is 20.1 Å². The van der Waals surface area contributed by atoms with E-state index < -0.39 is 0 Å². The lowest BCUT2D eigenvalue weighted by atomic mass is 9.99. The Morgan fingerprint density at radius 2 is 1.91 bits per heavy atom. The summed E-state index contributed by atoms with van der Waals surface area (Å²) >= 11 is 0. The van der Waals surface area contributed by atoms with Crippen molar-refractivity contribution in [2.24, 2.45) is 0 Å². The van der Waals surface area contributed by atoms with E-state index in [9.17, 15) is 0 Å². The molecule has 4 nitrogen and oxygen atoms in total. The van der Waals surface area contributed by atoms with Crippen LogP contribution in [-0.4, -0.2) is 54.6 Å². The molecule has 1 aliphatic heterocycles.